The highest BCUT2D eigenvalue weighted by Gasteiger charge is 2.34. The van der Waals surface area contributed by atoms with Gasteiger partial charge in [0.1, 0.15) is 18.9 Å². The van der Waals surface area contributed by atoms with Crippen molar-refractivity contribution in [2.24, 2.45) is 5.92 Å². The van der Waals surface area contributed by atoms with Crippen LogP contribution < -0.4 is 4.74 Å². The second-order valence-corrected chi connectivity index (χ2v) is 10.2. The fourth-order valence-corrected chi connectivity index (χ4v) is 5.03. The van der Waals surface area contributed by atoms with E-state index in [1.807, 2.05) is 56.9 Å². The smallest absolute Gasteiger partial charge is 0.242 e. The van der Waals surface area contributed by atoms with Crippen molar-refractivity contribution in [2.75, 3.05) is 19.7 Å². The number of carbonyl (C=O) groups is 2. The molecular formula is C26H36N2O3S. The van der Waals surface area contributed by atoms with Crippen molar-refractivity contribution in [1.82, 2.24) is 9.80 Å². The van der Waals surface area contributed by atoms with Crippen LogP contribution in [0.25, 0.3) is 0 Å². The summed E-state index contributed by atoms with van der Waals surface area (Å²) >= 11 is 1.74. The molecule has 2 amide bonds. The van der Waals surface area contributed by atoms with E-state index in [0.29, 0.717) is 19.6 Å². The van der Waals surface area contributed by atoms with Crippen LogP contribution in [0, 0.1) is 12.8 Å². The standard InChI is InChI=1S/C26H36N2O3S/c1-6-20(5)28(25(29)15-18(2)3)16-26(30)27-13-11-24-22(12-14-32-24)23(27)17-31-21-9-7-19(4)8-10-21/h7-10,12,14,18,20,23H,6,11,13,15-17H2,1-5H3/t20-,23+/m0/s1. The lowest BCUT2D eigenvalue weighted by molar-refractivity contribution is -0.144. The largest absolute Gasteiger partial charge is 0.491 e. The third kappa shape index (κ3) is 5.91. The second kappa shape index (κ2) is 11.0. The lowest BCUT2D eigenvalue weighted by Gasteiger charge is -2.38. The number of nitrogens with zero attached hydrogens (tertiary/aromatic N) is 2. The van der Waals surface area contributed by atoms with Gasteiger partial charge >= 0.3 is 0 Å². The summed E-state index contributed by atoms with van der Waals surface area (Å²) < 4.78 is 6.11. The predicted molar refractivity (Wildman–Crippen MR) is 130 cm³/mol. The van der Waals surface area contributed by atoms with E-state index in [0.717, 1.165) is 18.6 Å². The summed E-state index contributed by atoms with van der Waals surface area (Å²) in [5.41, 5.74) is 2.36. The van der Waals surface area contributed by atoms with Gasteiger partial charge < -0.3 is 14.5 Å². The number of carbonyl (C=O) groups excluding carboxylic acids is 2. The van der Waals surface area contributed by atoms with Crippen molar-refractivity contribution >= 4 is 23.2 Å². The summed E-state index contributed by atoms with van der Waals surface area (Å²) in [5.74, 6) is 1.13. The summed E-state index contributed by atoms with van der Waals surface area (Å²) in [4.78, 5) is 31.4. The van der Waals surface area contributed by atoms with Gasteiger partial charge in [-0.3, -0.25) is 9.59 Å². The van der Waals surface area contributed by atoms with E-state index in [1.165, 1.54) is 16.0 Å². The molecule has 0 fully saturated rings. The maximum atomic E-state index is 13.5. The number of hydrogen-bond acceptors (Lipinski definition) is 4. The first kappa shape index (κ1) is 24.3. The van der Waals surface area contributed by atoms with E-state index in [2.05, 4.69) is 18.4 Å². The molecule has 0 aliphatic carbocycles. The first-order chi connectivity index (χ1) is 15.3. The highest BCUT2D eigenvalue weighted by Crippen LogP contribution is 2.34. The Morgan fingerprint density at radius 2 is 1.91 bits per heavy atom. The van der Waals surface area contributed by atoms with Crippen molar-refractivity contribution in [3.63, 3.8) is 0 Å². The van der Waals surface area contributed by atoms with Gasteiger partial charge in [-0.15, -0.1) is 11.3 Å². The predicted octanol–water partition coefficient (Wildman–Crippen LogP) is 5.23. The van der Waals surface area contributed by atoms with Gasteiger partial charge in [0.15, 0.2) is 0 Å². The number of rotatable bonds is 9. The molecule has 2 heterocycles. The van der Waals surface area contributed by atoms with Crippen LogP contribution in [0.2, 0.25) is 0 Å². The molecule has 5 nitrogen and oxygen atoms in total. The van der Waals surface area contributed by atoms with Crippen molar-refractivity contribution in [3.8, 4) is 5.75 Å². The van der Waals surface area contributed by atoms with Crippen LogP contribution in [-0.2, 0) is 16.0 Å². The molecule has 0 saturated carbocycles. The van der Waals surface area contributed by atoms with Gasteiger partial charge in [-0.2, -0.15) is 0 Å². The van der Waals surface area contributed by atoms with Gasteiger partial charge in [0.2, 0.25) is 11.8 Å². The van der Waals surface area contributed by atoms with Gasteiger partial charge in [-0.05, 0) is 61.7 Å². The first-order valence-electron chi connectivity index (χ1n) is 11.6. The van der Waals surface area contributed by atoms with Gasteiger partial charge in [-0.25, -0.2) is 0 Å². The summed E-state index contributed by atoms with van der Waals surface area (Å²) in [5, 5.41) is 2.09. The zero-order valence-corrected chi connectivity index (χ0v) is 20.8. The number of ether oxygens (including phenoxy) is 1. The summed E-state index contributed by atoms with van der Waals surface area (Å²) in [6, 6.07) is 9.99. The van der Waals surface area contributed by atoms with E-state index in [1.54, 1.807) is 16.2 Å². The molecule has 1 aromatic heterocycles. The van der Waals surface area contributed by atoms with Crippen LogP contribution >= 0.6 is 11.3 Å². The Kier molecular flexibility index (Phi) is 8.35. The minimum absolute atomic E-state index is 0.00300. The molecule has 174 valence electrons. The molecule has 1 aromatic carbocycles. The van der Waals surface area contributed by atoms with Crippen molar-refractivity contribution < 1.29 is 14.3 Å². The molecule has 0 spiro atoms. The maximum absolute atomic E-state index is 13.5. The molecule has 6 heteroatoms. The Bertz CT molecular complexity index is 906. The molecule has 0 radical (unpaired) electrons. The van der Waals surface area contributed by atoms with Gasteiger partial charge in [0.25, 0.3) is 0 Å². The van der Waals surface area contributed by atoms with Gasteiger partial charge in [0, 0.05) is 23.9 Å². The Hall–Kier alpha value is -2.34. The van der Waals surface area contributed by atoms with Crippen molar-refractivity contribution in [1.29, 1.82) is 0 Å². The fourth-order valence-electron chi connectivity index (χ4n) is 4.10. The van der Waals surface area contributed by atoms with Crippen LogP contribution in [0.3, 0.4) is 0 Å². The molecule has 0 saturated heterocycles. The van der Waals surface area contributed by atoms with Crippen LogP contribution in [-0.4, -0.2) is 47.4 Å². The average molecular weight is 457 g/mol. The van der Waals surface area contributed by atoms with E-state index in [4.69, 9.17) is 4.74 Å². The zero-order chi connectivity index (χ0) is 23.3. The molecule has 2 atom stereocenters. The highest BCUT2D eigenvalue weighted by molar-refractivity contribution is 7.10. The number of amides is 2. The monoisotopic (exact) mass is 456 g/mol. The Morgan fingerprint density at radius 1 is 1.19 bits per heavy atom. The minimum Gasteiger partial charge on any atom is -0.491 e. The third-order valence-electron chi connectivity index (χ3n) is 6.18. The minimum atomic E-state index is -0.141. The first-order valence-corrected chi connectivity index (χ1v) is 12.5. The average Bonchev–Trinajstić information content (AvgIpc) is 3.24. The van der Waals surface area contributed by atoms with Gasteiger partial charge in [-0.1, -0.05) is 38.5 Å². The van der Waals surface area contributed by atoms with E-state index >= 15 is 0 Å². The molecule has 2 aromatic rings. The molecule has 1 aliphatic rings. The SMILES string of the molecule is CC[C@H](C)N(CC(=O)N1CCc2sccc2[C@H]1COc1ccc(C)cc1)C(=O)CC(C)C. The van der Waals surface area contributed by atoms with Gasteiger partial charge in [0.05, 0.1) is 6.04 Å². The highest BCUT2D eigenvalue weighted by atomic mass is 32.1. The van der Waals surface area contributed by atoms with Crippen LogP contribution in [0.4, 0.5) is 0 Å². The number of benzene rings is 1. The van der Waals surface area contributed by atoms with Crippen LogP contribution in [0.15, 0.2) is 35.7 Å². The topological polar surface area (TPSA) is 49.9 Å². The van der Waals surface area contributed by atoms with Crippen molar-refractivity contribution in [3.05, 3.63) is 51.7 Å². The Balaban J connectivity index is 1.77. The number of aryl methyl sites for hydroxylation is 1. The molecule has 1 aliphatic heterocycles. The van der Waals surface area contributed by atoms with Crippen LogP contribution in [0.5, 0.6) is 5.75 Å². The molecule has 32 heavy (non-hydrogen) atoms. The zero-order valence-electron chi connectivity index (χ0n) is 20.0. The molecule has 0 unspecified atom stereocenters. The Morgan fingerprint density at radius 3 is 2.56 bits per heavy atom. The lowest BCUT2D eigenvalue weighted by Crippen LogP contribution is -2.50. The summed E-state index contributed by atoms with van der Waals surface area (Å²) in [6.45, 7) is 11.4. The third-order valence-corrected chi connectivity index (χ3v) is 7.17. The van der Waals surface area contributed by atoms with Crippen LogP contribution in [0.1, 0.15) is 62.6 Å². The molecule has 3 rings (SSSR count). The second-order valence-electron chi connectivity index (χ2n) is 9.15. The maximum Gasteiger partial charge on any atom is 0.242 e. The lowest BCUT2D eigenvalue weighted by atomic mass is 10.00. The molecular weight excluding hydrogens is 420 g/mol. The number of hydrogen-bond donors (Lipinski definition) is 0. The fraction of sp³-hybridized carbons (Fsp3) is 0.538. The molecule has 0 bridgehead atoms. The van der Waals surface area contributed by atoms with E-state index in [-0.39, 0.29) is 36.4 Å². The normalized spacial score (nSPS) is 16.6. The summed E-state index contributed by atoms with van der Waals surface area (Å²) in [7, 11) is 0. The van der Waals surface area contributed by atoms with E-state index in [9.17, 15) is 9.59 Å². The number of fused-ring (bicyclic) bond motifs is 1. The quantitative estimate of drug-likeness (QED) is 0.519. The summed E-state index contributed by atoms with van der Waals surface area (Å²) in [6.07, 6.45) is 2.14. The van der Waals surface area contributed by atoms with Crippen molar-refractivity contribution in [2.45, 2.75) is 66.0 Å². The number of thiophene rings is 1. The van der Waals surface area contributed by atoms with E-state index < -0.39 is 0 Å². The Labute approximate surface area is 196 Å². The molecule has 0 N–H and O–H groups in total.